The number of amides is 1. The van der Waals surface area contributed by atoms with Crippen LogP contribution in [0.5, 0.6) is 0 Å². The molecule has 24 heavy (non-hydrogen) atoms. The van der Waals surface area contributed by atoms with Crippen LogP contribution >= 0.6 is 11.3 Å². The summed E-state index contributed by atoms with van der Waals surface area (Å²) in [7, 11) is 0. The van der Waals surface area contributed by atoms with Crippen molar-refractivity contribution in [2.75, 3.05) is 26.2 Å². The van der Waals surface area contributed by atoms with Crippen molar-refractivity contribution in [3.63, 3.8) is 0 Å². The van der Waals surface area contributed by atoms with Crippen molar-refractivity contribution in [3.8, 4) is 10.8 Å². The summed E-state index contributed by atoms with van der Waals surface area (Å²) in [5.74, 6) is 0.846. The zero-order chi connectivity index (χ0) is 16.4. The second-order valence-corrected chi connectivity index (χ2v) is 6.56. The van der Waals surface area contributed by atoms with Crippen LogP contribution in [-0.2, 0) is 6.54 Å². The molecule has 0 aromatic carbocycles. The van der Waals surface area contributed by atoms with Crippen LogP contribution < -0.4 is 0 Å². The number of carbonyl (C=O) groups is 1. The van der Waals surface area contributed by atoms with E-state index in [0.717, 1.165) is 49.2 Å². The van der Waals surface area contributed by atoms with Gasteiger partial charge in [0.2, 0.25) is 0 Å². The summed E-state index contributed by atoms with van der Waals surface area (Å²) >= 11 is 1.59. The molecule has 0 bridgehead atoms. The van der Waals surface area contributed by atoms with Crippen LogP contribution in [0.2, 0.25) is 0 Å². The van der Waals surface area contributed by atoms with Crippen molar-refractivity contribution >= 4 is 17.2 Å². The number of thiazole rings is 1. The Morgan fingerprint density at radius 3 is 2.79 bits per heavy atom. The highest BCUT2D eigenvalue weighted by Crippen LogP contribution is 2.24. The van der Waals surface area contributed by atoms with Crippen molar-refractivity contribution in [1.82, 2.24) is 14.8 Å². The number of nitrogens with zero attached hydrogens (tertiary/aromatic N) is 3. The Labute approximate surface area is 143 Å². The lowest BCUT2D eigenvalue weighted by Crippen LogP contribution is -2.48. The summed E-state index contributed by atoms with van der Waals surface area (Å²) in [6, 6.07) is 5.50. The molecular weight excluding hydrogens is 326 g/mol. The van der Waals surface area contributed by atoms with Crippen LogP contribution in [0.1, 0.15) is 16.1 Å². The van der Waals surface area contributed by atoms with Crippen molar-refractivity contribution in [2.45, 2.75) is 6.54 Å². The van der Waals surface area contributed by atoms with Crippen LogP contribution in [0.3, 0.4) is 0 Å². The predicted octanol–water partition coefficient (Wildman–Crippen LogP) is 2.95. The average molecular weight is 343 g/mol. The van der Waals surface area contributed by atoms with Gasteiger partial charge in [-0.2, -0.15) is 0 Å². The lowest BCUT2D eigenvalue weighted by molar-refractivity contribution is 0.0626. The van der Waals surface area contributed by atoms with Crippen LogP contribution in [0.25, 0.3) is 10.8 Å². The third-order valence-electron chi connectivity index (χ3n) is 4.10. The highest BCUT2D eigenvalue weighted by atomic mass is 32.1. The fourth-order valence-corrected chi connectivity index (χ4v) is 3.58. The Morgan fingerprint density at radius 1 is 1.21 bits per heavy atom. The van der Waals surface area contributed by atoms with Gasteiger partial charge < -0.3 is 13.7 Å². The van der Waals surface area contributed by atoms with Gasteiger partial charge in [0.1, 0.15) is 6.26 Å². The number of rotatable bonds is 4. The van der Waals surface area contributed by atoms with Crippen molar-refractivity contribution < 1.29 is 13.6 Å². The van der Waals surface area contributed by atoms with Gasteiger partial charge in [-0.1, -0.05) is 0 Å². The van der Waals surface area contributed by atoms with E-state index in [4.69, 9.17) is 8.83 Å². The Balaban J connectivity index is 1.33. The first kappa shape index (κ1) is 15.2. The monoisotopic (exact) mass is 343 g/mol. The average Bonchev–Trinajstić information content (AvgIpc) is 3.36. The molecule has 3 aromatic heterocycles. The first-order valence-corrected chi connectivity index (χ1v) is 8.70. The van der Waals surface area contributed by atoms with E-state index in [1.807, 2.05) is 17.0 Å². The van der Waals surface area contributed by atoms with Crippen LogP contribution in [0.4, 0.5) is 0 Å². The van der Waals surface area contributed by atoms with Crippen molar-refractivity contribution in [1.29, 1.82) is 0 Å². The fraction of sp³-hybridized carbons (Fsp3) is 0.294. The predicted molar refractivity (Wildman–Crippen MR) is 89.7 cm³/mol. The Bertz CT molecular complexity index is 787. The lowest BCUT2D eigenvalue weighted by atomic mass is 10.2. The molecule has 1 aliphatic rings. The molecule has 3 aromatic rings. The first-order valence-electron chi connectivity index (χ1n) is 7.82. The molecule has 1 aliphatic heterocycles. The molecule has 0 atom stereocenters. The van der Waals surface area contributed by atoms with Crippen LogP contribution in [-0.4, -0.2) is 46.9 Å². The van der Waals surface area contributed by atoms with Crippen molar-refractivity contribution in [3.05, 3.63) is 53.6 Å². The van der Waals surface area contributed by atoms with Gasteiger partial charge in [0.25, 0.3) is 5.91 Å². The maximum absolute atomic E-state index is 12.3. The molecule has 1 fully saturated rings. The van der Waals surface area contributed by atoms with E-state index in [0.29, 0.717) is 5.56 Å². The molecule has 4 heterocycles. The second kappa shape index (κ2) is 6.62. The minimum absolute atomic E-state index is 0.0390. The highest BCUT2D eigenvalue weighted by molar-refractivity contribution is 7.13. The third kappa shape index (κ3) is 3.13. The highest BCUT2D eigenvalue weighted by Gasteiger charge is 2.23. The van der Waals surface area contributed by atoms with Crippen molar-refractivity contribution in [2.24, 2.45) is 0 Å². The molecule has 0 unspecified atom stereocenters. The minimum atomic E-state index is 0.0390. The largest absolute Gasteiger partial charge is 0.472 e. The van der Waals surface area contributed by atoms with Gasteiger partial charge >= 0.3 is 0 Å². The van der Waals surface area contributed by atoms with E-state index < -0.39 is 0 Å². The number of hydrogen-bond acceptors (Lipinski definition) is 6. The topological polar surface area (TPSA) is 62.7 Å². The summed E-state index contributed by atoms with van der Waals surface area (Å²) in [5.41, 5.74) is 1.66. The number of carbonyl (C=O) groups excluding carboxylic acids is 1. The molecule has 0 aliphatic carbocycles. The van der Waals surface area contributed by atoms with Gasteiger partial charge in [-0.15, -0.1) is 11.3 Å². The van der Waals surface area contributed by atoms with Gasteiger partial charge in [0.05, 0.1) is 23.8 Å². The fourth-order valence-electron chi connectivity index (χ4n) is 2.80. The molecule has 4 rings (SSSR count). The SMILES string of the molecule is O=C(c1ccoc1)N1CCN(Cc2csc(-c3ccco3)n2)CC1. The second-order valence-electron chi connectivity index (χ2n) is 5.70. The van der Waals surface area contributed by atoms with E-state index in [-0.39, 0.29) is 5.91 Å². The quantitative estimate of drug-likeness (QED) is 0.729. The Kier molecular flexibility index (Phi) is 4.18. The van der Waals surface area contributed by atoms with Gasteiger partial charge in [0.15, 0.2) is 10.8 Å². The maximum atomic E-state index is 12.3. The number of piperazine rings is 1. The molecule has 0 N–H and O–H groups in total. The van der Waals surface area contributed by atoms with Crippen LogP contribution in [0, 0.1) is 0 Å². The Hall–Kier alpha value is -2.38. The summed E-state index contributed by atoms with van der Waals surface area (Å²) in [6.07, 6.45) is 4.69. The standard InChI is InChI=1S/C17H17N3O3S/c21-17(13-3-9-22-11-13)20-6-4-19(5-7-20)10-14-12-24-16(18-14)15-2-1-8-23-15/h1-3,8-9,11-12H,4-7,10H2. The van der Waals surface area contributed by atoms with E-state index >= 15 is 0 Å². The molecule has 0 saturated carbocycles. The molecule has 6 nitrogen and oxygen atoms in total. The third-order valence-corrected chi connectivity index (χ3v) is 5.00. The minimum Gasteiger partial charge on any atom is -0.472 e. The normalized spacial score (nSPS) is 15.8. The molecule has 124 valence electrons. The van der Waals surface area contributed by atoms with E-state index in [1.54, 1.807) is 23.7 Å². The maximum Gasteiger partial charge on any atom is 0.257 e. The number of hydrogen-bond donors (Lipinski definition) is 0. The summed E-state index contributed by atoms with van der Waals surface area (Å²) in [5, 5.41) is 2.98. The van der Waals surface area contributed by atoms with Gasteiger partial charge in [-0.25, -0.2) is 4.98 Å². The zero-order valence-corrected chi connectivity index (χ0v) is 13.9. The Morgan fingerprint density at radius 2 is 2.08 bits per heavy atom. The lowest BCUT2D eigenvalue weighted by Gasteiger charge is -2.34. The summed E-state index contributed by atoms with van der Waals surface area (Å²) in [6.45, 7) is 3.93. The molecule has 1 saturated heterocycles. The van der Waals surface area contributed by atoms with E-state index in [1.165, 1.54) is 12.5 Å². The number of aromatic nitrogens is 1. The summed E-state index contributed by atoms with van der Waals surface area (Å²) < 4.78 is 10.4. The number of furan rings is 2. The molecule has 0 spiro atoms. The van der Waals surface area contributed by atoms with Crippen LogP contribution in [0.15, 0.2) is 51.2 Å². The first-order chi connectivity index (χ1) is 11.8. The van der Waals surface area contributed by atoms with Gasteiger partial charge in [-0.05, 0) is 18.2 Å². The molecule has 7 heteroatoms. The summed E-state index contributed by atoms with van der Waals surface area (Å²) in [4.78, 5) is 21.1. The smallest absolute Gasteiger partial charge is 0.257 e. The van der Waals surface area contributed by atoms with E-state index in [2.05, 4.69) is 15.3 Å². The van der Waals surface area contributed by atoms with E-state index in [9.17, 15) is 4.79 Å². The molecular formula is C17H17N3O3S. The molecule has 1 amide bonds. The molecule has 0 radical (unpaired) electrons. The van der Waals surface area contributed by atoms with Gasteiger partial charge in [0, 0.05) is 38.1 Å². The van der Waals surface area contributed by atoms with Gasteiger partial charge in [-0.3, -0.25) is 9.69 Å². The zero-order valence-electron chi connectivity index (χ0n) is 13.1.